The van der Waals surface area contributed by atoms with E-state index in [1.54, 1.807) is 6.92 Å². The number of likely N-dealkylation sites (tertiary alicyclic amines) is 1. The number of carbonyl (C=O) groups is 2. The van der Waals surface area contributed by atoms with Gasteiger partial charge in [0.2, 0.25) is 0 Å². The molecule has 0 saturated carbocycles. The molecule has 3 amide bonds. The van der Waals surface area contributed by atoms with Crippen LogP contribution in [-0.2, 0) is 11.3 Å². The number of nitrogens with one attached hydrogen (secondary N) is 2. The minimum Gasteiger partial charge on any atom is -0.480 e. The number of nitrogens with zero attached hydrogens (tertiary/aromatic N) is 1. The van der Waals surface area contributed by atoms with Gasteiger partial charge in [-0.15, -0.1) is 0 Å². The van der Waals surface area contributed by atoms with E-state index < -0.39 is 6.10 Å². The third-order valence-electron chi connectivity index (χ3n) is 4.80. The van der Waals surface area contributed by atoms with Gasteiger partial charge in [-0.25, -0.2) is 4.79 Å². The van der Waals surface area contributed by atoms with Crippen LogP contribution < -0.4 is 15.4 Å². The average molecular weight is 460 g/mol. The number of halogens is 1. The molecule has 0 aromatic heterocycles. The van der Waals surface area contributed by atoms with Crippen LogP contribution in [0.2, 0.25) is 0 Å². The fourth-order valence-electron chi connectivity index (χ4n) is 3.16. The molecule has 29 heavy (non-hydrogen) atoms. The van der Waals surface area contributed by atoms with E-state index in [4.69, 9.17) is 4.74 Å². The maximum Gasteiger partial charge on any atom is 0.321 e. The van der Waals surface area contributed by atoms with Crippen molar-refractivity contribution in [2.24, 2.45) is 0 Å². The molecule has 1 aliphatic heterocycles. The summed E-state index contributed by atoms with van der Waals surface area (Å²) in [4.78, 5) is 26.5. The van der Waals surface area contributed by atoms with Gasteiger partial charge in [-0.1, -0.05) is 18.2 Å². The van der Waals surface area contributed by atoms with Crippen molar-refractivity contribution in [2.75, 3.05) is 18.4 Å². The van der Waals surface area contributed by atoms with E-state index in [-0.39, 0.29) is 11.9 Å². The highest BCUT2D eigenvalue weighted by molar-refractivity contribution is 9.10. The van der Waals surface area contributed by atoms with Crippen LogP contribution >= 0.6 is 15.9 Å². The van der Waals surface area contributed by atoms with Crippen molar-refractivity contribution >= 4 is 33.6 Å². The molecule has 2 aromatic carbocycles. The molecule has 0 bridgehead atoms. The SMILES string of the molecule is Cc1ccc(OC(C)C(=O)NCc2cccc(NC(=O)N3CCCC3)c2)c(Br)c1. The number of rotatable bonds is 6. The van der Waals surface area contributed by atoms with Crippen LogP contribution in [0.5, 0.6) is 5.75 Å². The van der Waals surface area contributed by atoms with Crippen molar-refractivity contribution in [3.8, 4) is 5.75 Å². The number of hydrogen-bond donors (Lipinski definition) is 2. The first-order valence-corrected chi connectivity index (χ1v) is 10.6. The van der Waals surface area contributed by atoms with Crippen molar-refractivity contribution in [1.82, 2.24) is 10.2 Å². The normalized spacial score (nSPS) is 14.4. The summed E-state index contributed by atoms with van der Waals surface area (Å²) >= 11 is 3.46. The molecule has 6 nitrogen and oxygen atoms in total. The molecule has 0 radical (unpaired) electrons. The topological polar surface area (TPSA) is 70.7 Å². The van der Waals surface area contributed by atoms with Crippen LogP contribution in [0.1, 0.15) is 30.9 Å². The summed E-state index contributed by atoms with van der Waals surface area (Å²) in [5.41, 5.74) is 2.74. The van der Waals surface area contributed by atoms with Gasteiger partial charge in [-0.05, 0) is 78.0 Å². The van der Waals surface area contributed by atoms with E-state index in [2.05, 4.69) is 26.6 Å². The lowest BCUT2D eigenvalue weighted by Gasteiger charge is -2.17. The summed E-state index contributed by atoms with van der Waals surface area (Å²) in [6, 6.07) is 13.1. The Morgan fingerprint density at radius 2 is 1.93 bits per heavy atom. The van der Waals surface area contributed by atoms with Gasteiger partial charge < -0.3 is 20.3 Å². The number of hydrogen-bond acceptors (Lipinski definition) is 3. The Morgan fingerprint density at radius 1 is 1.17 bits per heavy atom. The highest BCUT2D eigenvalue weighted by Crippen LogP contribution is 2.26. The van der Waals surface area contributed by atoms with Crippen LogP contribution in [0, 0.1) is 6.92 Å². The van der Waals surface area contributed by atoms with E-state index in [1.807, 2.05) is 54.3 Å². The minimum atomic E-state index is -0.632. The maximum atomic E-state index is 12.4. The number of amides is 3. The van der Waals surface area contributed by atoms with Crippen molar-refractivity contribution in [3.63, 3.8) is 0 Å². The van der Waals surface area contributed by atoms with Crippen LogP contribution in [0.25, 0.3) is 0 Å². The predicted molar refractivity (Wildman–Crippen MR) is 117 cm³/mol. The van der Waals surface area contributed by atoms with Crippen LogP contribution in [0.3, 0.4) is 0 Å². The van der Waals surface area contributed by atoms with Gasteiger partial charge in [0.15, 0.2) is 6.10 Å². The smallest absolute Gasteiger partial charge is 0.321 e. The standard InChI is InChI=1S/C22H26BrN3O3/c1-15-8-9-20(19(23)12-15)29-16(2)21(27)24-14-17-6-5-7-18(13-17)25-22(28)26-10-3-4-11-26/h5-9,12-13,16H,3-4,10-11,14H2,1-2H3,(H,24,27)(H,25,28). The molecular weight excluding hydrogens is 434 g/mol. The van der Waals surface area contributed by atoms with Gasteiger partial charge in [-0.3, -0.25) is 4.79 Å². The molecule has 1 fully saturated rings. The van der Waals surface area contributed by atoms with Gasteiger partial charge in [0.25, 0.3) is 5.91 Å². The Bertz CT molecular complexity index is 881. The zero-order valence-corrected chi connectivity index (χ0v) is 18.3. The minimum absolute atomic E-state index is 0.0746. The molecule has 3 rings (SSSR count). The van der Waals surface area contributed by atoms with E-state index >= 15 is 0 Å². The lowest BCUT2D eigenvalue weighted by molar-refractivity contribution is -0.127. The Kier molecular flexibility index (Phi) is 7.14. The molecular formula is C22H26BrN3O3. The monoisotopic (exact) mass is 459 g/mol. The fraction of sp³-hybridized carbons (Fsp3) is 0.364. The largest absolute Gasteiger partial charge is 0.480 e. The van der Waals surface area contributed by atoms with Crippen LogP contribution in [0.15, 0.2) is 46.9 Å². The zero-order chi connectivity index (χ0) is 20.8. The molecule has 1 heterocycles. The fourth-order valence-corrected chi connectivity index (χ4v) is 3.75. The number of carbonyl (C=O) groups excluding carboxylic acids is 2. The van der Waals surface area contributed by atoms with Crippen molar-refractivity contribution in [3.05, 3.63) is 58.1 Å². The second-order valence-corrected chi connectivity index (χ2v) is 8.09. The highest BCUT2D eigenvalue weighted by atomic mass is 79.9. The van der Waals surface area contributed by atoms with E-state index in [1.165, 1.54) is 0 Å². The van der Waals surface area contributed by atoms with Gasteiger partial charge in [0.1, 0.15) is 5.75 Å². The molecule has 0 aliphatic carbocycles. The van der Waals surface area contributed by atoms with E-state index in [9.17, 15) is 9.59 Å². The maximum absolute atomic E-state index is 12.4. The zero-order valence-electron chi connectivity index (χ0n) is 16.7. The summed E-state index contributed by atoms with van der Waals surface area (Å²) in [5.74, 6) is 0.425. The second-order valence-electron chi connectivity index (χ2n) is 7.24. The first-order valence-electron chi connectivity index (χ1n) is 9.78. The number of aryl methyl sites for hydroxylation is 1. The summed E-state index contributed by atoms with van der Waals surface area (Å²) in [6.45, 7) is 5.67. The molecule has 154 valence electrons. The summed E-state index contributed by atoms with van der Waals surface area (Å²) in [7, 11) is 0. The van der Waals surface area contributed by atoms with Crippen LogP contribution in [-0.4, -0.2) is 36.0 Å². The molecule has 1 unspecified atom stereocenters. The first-order chi connectivity index (χ1) is 13.9. The summed E-state index contributed by atoms with van der Waals surface area (Å²) < 4.78 is 6.58. The molecule has 1 atom stereocenters. The molecule has 1 saturated heterocycles. The summed E-state index contributed by atoms with van der Waals surface area (Å²) in [6.07, 6.45) is 1.48. The van der Waals surface area contributed by atoms with Gasteiger partial charge >= 0.3 is 6.03 Å². The molecule has 1 aliphatic rings. The number of benzene rings is 2. The number of anilines is 1. The number of ether oxygens (including phenoxy) is 1. The van der Waals surface area contributed by atoms with Crippen molar-refractivity contribution in [1.29, 1.82) is 0 Å². The Morgan fingerprint density at radius 3 is 2.66 bits per heavy atom. The summed E-state index contributed by atoms with van der Waals surface area (Å²) in [5, 5.41) is 5.81. The second kappa shape index (κ2) is 9.78. The first kappa shape index (κ1) is 21.2. The number of urea groups is 1. The van der Waals surface area contributed by atoms with Gasteiger partial charge in [0, 0.05) is 25.3 Å². The highest BCUT2D eigenvalue weighted by Gasteiger charge is 2.18. The predicted octanol–water partition coefficient (Wildman–Crippen LogP) is 4.47. The van der Waals surface area contributed by atoms with E-state index in [0.29, 0.717) is 12.3 Å². The van der Waals surface area contributed by atoms with Gasteiger partial charge in [0.05, 0.1) is 4.47 Å². The van der Waals surface area contributed by atoms with Gasteiger partial charge in [-0.2, -0.15) is 0 Å². The van der Waals surface area contributed by atoms with Crippen LogP contribution in [0.4, 0.5) is 10.5 Å². The Balaban J connectivity index is 1.52. The lowest BCUT2D eigenvalue weighted by atomic mass is 10.2. The van der Waals surface area contributed by atoms with E-state index in [0.717, 1.165) is 47.2 Å². The average Bonchev–Trinajstić information content (AvgIpc) is 3.23. The molecule has 2 N–H and O–H groups in total. The quantitative estimate of drug-likeness (QED) is 0.669. The third-order valence-corrected chi connectivity index (χ3v) is 5.42. The Labute approximate surface area is 179 Å². The van der Waals surface area contributed by atoms with Crippen molar-refractivity contribution < 1.29 is 14.3 Å². The molecule has 2 aromatic rings. The molecule has 7 heteroatoms. The Hall–Kier alpha value is -2.54. The lowest BCUT2D eigenvalue weighted by Crippen LogP contribution is -2.36. The molecule has 0 spiro atoms. The van der Waals surface area contributed by atoms with Crippen molar-refractivity contribution in [2.45, 2.75) is 39.3 Å². The third kappa shape index (κ3) is 5.97.